The lowest BCUT2D eigenvalue weighted by Gasteiger charge is -2.25. The molecule has 2 atom stereocenters. The first kappa shape index (κ1) is 20.8. The van der Waals surface area contributed by atoms with Gasteiger partial charge in [-0.3, -0.25) is 9.59 Å². The number of nitrogens with one attached hydrogen (secondary N) is 1. The van der Waals surface area contributed by atoms with Crippen LogP contribution in [0.3, 0.4) is 0 Å². The van der Waals surface area contributed by atoms with Crippen molar-refractivity contribution < 1.29 is 33.8 Å². The van der Waals surface area contributed by atoms with Crippen molar-refractivity contribution in [2.24, 2.45) is 5.73 Å². The average molecular weight is 412 g/mol. The number of rotatable bonds is 8. The number of carbonyl (C=O) groups is 4. The van der Waals surface area contributed by atoms with Crippen LogP contribution in [0.1, 0.15) is 34.0 Å². The van der Waals surface area contributed by atoms with E-state index in [0.29, 0.717) is 17.7 Å². The SMILES string of the molecule is NC(=O)C[C@H](NC(=O)COc1ccc([C@@H]2Cc3ccccc3C(=O)O2)cc1)C(=O)O. The Hall–Kier alpha value is -3.88. The van der Waals surface area contributed by atoms with Crippen LogP contribution in [0.25, 0.3) is 0 Å². The molecule has 0 unspecified atom stereocenters. The van der Waals surface area contributed by atoms with Gasteiger partial charge in [0.05, 0.1) is 12.0 Å². The molecular formula is C21H20N2O7. The number of carbonyl (C=O) groups excluding carboxylic acids is 3. The van der Waals surface area contributed by atoms with Gasteiger partial charge in [-0.1, -0.05) is 30.3 Å². The number of hydrogen-bond donors (Lipinski definition) is 3. The molecule has 0 saturated heterocycles. The Morgan fingerprint density at radius 2 is 1.87 bits per heavy atom. The molecule has 156 valence electrons. The number of amides is 2. The Balaban J connectivity index is 1.56. The normalized spacial score (nSPS) is 16.0. The number of cyclic esters (lactones) is 1. The summed E-state index contributed by atoms with van der Waals surface area (Å²) in [5.41, 5.74) is 7.23. The molecule has 9 heteroatoms. The second kappa shape index (κ2) is 9.08. The molecule has 9 nitrogen and oxygen atoms in total. The minimum absolute atomic E-state index is 0.372. The lowest BCUT2D eigenvalue weighted by atomic mass is 9.95. The number of nitrogens with two attached hydrogens (primary N) is 1. The molecule has 0 aromatic heterocycles. The van der Waals surface area contributed by atoms with Gasteiger partial charge in [-0.15, -0.1) is 0 Å². The first-order valence-electron chi connectivity index (χ1n) is 9.15. The van der Waals surface area contributed by atoms with Gasteiger partial charge in [0.25, 0.3) is 5.91 Å². The Morgan fingerprint density at radius 1 is 1.17 bits per heavy atom. The maximum Gasteiger partial charge on any atom is 0.339 e. The van der Waals surface area contributed by atoms with E-state index in [2.05, 4.69) is 5.32 Å². The first-order valence-corrected chi connectivity index (χ1v) is 9.15. The van der Waals surface area contributed by atoms with Crippen molar-refractivity contribution in [3.63, 3.8) is 0 Å². The predicted molar refractivity (Wildman–Crippen MR) is 104 cm³/mol. The molecule has 3 rings (SSSR count). The van der Waals surface area contributed by atoms with E-state index in [1.165, 1.54) is 0 Å². The van der Waals surface area contributed by atoms with E-state index in [9.17, 15) is 19.2 Å². The van der Waals surface area contributed by atoms with Crippen LogP contribution in [0, 0.1) is 0 Å². The zero-order valence-electron chi connectivity index (χ0n) is 15.9. The Morgan fingerprint density at radius 3 is 2.53 bits per heavy atom. The minimum Gasteiger partial charge on any atom is -0.484 e. The Labute approximate surface area is 171 Å². The highest BCUT2D eigenvalue weighted by molar-refractivity contribution is 5.92. The summed E-state index contributed by atoms with van der Waals surface area (Å²) in [6.45, 7) is -0.437. The quantitative estimate of drug-likeness (QED) is 0.548. The van der Waals surface area contributed by atoms with E-state index in [1.807, 2.05) is 12.1 Å². The smallest absolute Gasteiger partial charge is 0.339 e. The molecule has 0 saturated carbocycles. The lowest BCUT2D eigenvalue weighted by Crippen LogP contribution is -2.45. The van der Waals surface area contributed by atoms with Crippen LogP contribution in [0.4, 0.5) is 0 Å². The standard InChI is InChI=1S/C21H20N2O7/c22-18(24)10-16(20(26)27)23-19(25)11-29-14-7-5-12(6-8-14)17-9-13-3-1-2-4-15(13)21(28)30-17/h1-8,16-17H,9-11H2,(H2,22,24)(H,23,25)(H,26,27)/t16-,17-/m0/s1. The van der Waals surface area contributed by atoms with E-state index in [-0.39, 0.29) is 5.97 Å². The number of hydrogen-bond acceptors (Lipinski definition) is 6. The third kappa shape index (κ3) is 5.13. The zero-order chi connectivity index (χ0) is 21.7. The van der Waals surface area contributed by atoms with E-state index >= 15 is 0 Å². The van der Waals surface area contributed by atoms with E-state index in [4.69, 9.17) is 20.3 Å². The van der Waals surface area contributed by atoms with E-state index < -0.39 is 43.0 Å². The van der Waals surface area contributed by atoms with Crippen LogP contribution in [0.15, 0.2) is 48.5 Å². The number of carboxylic acids is 1. The summed E-state index contributed by atoms with van der Waals surface area (Å²) in [5.74, 6) is -2.91. The van der Waals surface area contributed by atoms with E-state index in [0.717, 1.165) is 11.1 Å². The fourth-order valence-corrected chi connectivity index (χ4v) is 3.08. The zero-order valence-corrected chi connectivity index (χ0v) is 15.9. The summed E-state index contributed by atoms with van der Waals surface area (Å²) in [6, 6.07) is 12.6. The number of primary amides is 1. The maximum atomic E-state index is 12.2. The number of ether oxygens (including phenoxy) is 2. The fourth-order valence-electron chi connectivity index (χ4n) is 3.08. The predicted octanol–water partition coefficient (Wildman–Crippen LogP) is 0.964. The summed E-state index contributed by atoms with van der Waals surface area (Å²) in [5, 5.41) is 11.2. The Bertz CT molecular complexity index is 972. The third-order valence-electron chi connectivity index (χ3n) is 4.55. The highest BCUT2D eigenvalue weighted by Gasteiger charge is 2.27. The van der Waals surface area contributed by atoms with Crippen molar-refractivity contribution >= 4 is 23.8 Å². The lowest BCUT2D eigenvalue weighted by molar-refractivity contribution is -0.143. The maximum absolute atomic E-state index is 12.2. The van der Waals surface area contributed by atoms with Gasteiger partial charge >= 0.3 is 11.9 Å². The number of carboxylic acid groups (broad SMARTS) is 1. The molecule has 0 aliphatic carbocycles. The van der Waals surface area contributed by atoms with Crippen molar-refractivity contribution in [1.82, 2.24) is 5.32 Å². The summed E-state index contributed by atoms with van der Waals surface area (Å²) in [6.07, 6.45) is -0.380. The second-order valence-corrected chi connectivity index (χ2v) is 6.74. The topological polar surface area (TPSA) is 145 Å². The van der Waals surface area contributed by atoms with Gasteiger partial charge in [0.2, 0.25) is 5.91 Å². The van der Waals surface area contributed by atoms with Gasteiger partial charge in [-0.05, 0) is 29.3 Å². The molecule has 30 heavy (non-hydrogen) atoms. The molecule has 0 bridgehead atoms. The number of aliphatic carboxylic acids is 1. The van der Waals surface area contributed by atoms with Crippen LogP contribution in [0.2, 0.25) is 0 Å². The summed E-state index contributed by atoms with van der Waals surface area (Å²) < 4.78 is 10.8. The molecule has 2 amide bonds. The van der Waals surface area contributed by atoms with Crippen LogP contribution in [0.5, 0.6) is 5.75 Å². The number of fused-ring (bicyclic) bond motifs is 1. The highest BCUT2D eigenvalue weighted by Crippen LogP contribution is 2.31. The van der Waals surface area contributed by atoms with E-state index in [1.54, 1.807) is 36.4 Å². The molecular weight excluding hydrogens is 392 g/mol. The second-order valence-electron chi connectivity index (χ2n) is 6.74. The van der Waals surface area contributed by atoms with Crippen LogP contribution in [-0.4, -0.2) is 41.5 Å². The largest absolute Gasteiger partial charge is 0.484 e. The van der Waals surface area contributed by atoms with Crippen molar-refractivity contribution in [3.8, 4) is 5.75 Å². The molecule has 4 N–H and O–H groups in total. The monoisotopic (exact) mass is 412 g/mol. The first-order chi connectivity index (χ1) is 14.3. The van der Waals surface area contributed by atoms with Crippen LogP contribution in [-0.2, 0) is 25.5 Å². The molecule has 2 aromatic rings. The highest BCUT2D eigenvalue weighted by atomic mass is 16.5. The summed E-state index contributed by atoms with van der Waals surface area (Å²) >= 11 is 0. The van der Waals surface area contributed by atoms with Gasteiger partial charge in [-0.2, -0.15) is 0 Å². The van der Waals surface area contributed by atoms with Crippen molar-refractivity contribution in [1.29, 1.82) is 0 Å². The Kier molecular flexibility index (Phi) is 6.31. The van der Waals surface area contributed by atoms with Gasteiger partial charge < -0.3 is 25.6 Å². The molecule has 0 radical (unpaired) electrons. The summed E-state index contributed by atoms with van der Waals surface area (Å²) in [7, 11) is 0. The van der Waals surface area contributed by atoms with Crippen molar-refractivity contribution in [2.45, 2.75) is 25.0 Å². The average Bonchev–Trinajstić information content (AvgIpc) is 2.72. The van der Waals surface area contributed by atoms with Crippen molar-refractivity contribution in [3.05, 3.63) is 65.2 Å². The molecule has 1 aliphatic heterocycles. The number of benzene rings is 2. The molecule has 1 heterocycles. The molecule has 1 aliphatic rings. The third-order valence-corrected chi connectivity index (χ3v) is 4.55. The van der Waals surface area contributed by atoms with Crippen LogP contribution < -0.4 is 15.8 Å². The van der Waals surface area contributed by atoms with Crippen molar-refractivity contribution in [2.75, 3.05) is 6.61 Å². The number of esters is 1. The minimum atomic E-state index is -1.41. The van der Waals surface area contributed by atoms with Gasteiger partial charge in [0, 0.05) is 6.42 Å². The molecule has 2 aromatic carbocycles. The molecule has 0 fully saturated rings. The fraction of sp³-hybridized carbons (Fsp3) is 0.238. The van der Waals surface area contributed by atoms with Gasteiger partial charge in [0.1, 0.15) is 17.9 Å². The van der Waals surface area contributed by atoms with Gasteiger partial charge in [-0.25, -0.2) is 9.59 Å². The molecule has 0 spiro atoms. The summed E-state index contributed by atoms with van der Waals surface area (Å²) in [4.78, 5) is 45.9. The van der Waals surface area contributed by atoms with Crippen LogP contribution >= 0.6 is 0 Å². The van der Waals surface area contributed by atoms with Gasteiger partial charge in [0.15, 0.2) is 6.61 Å².